The lowest BCUT2D eigenvalue weighted by atomic mass is 10.1. The number of halogens is 1. The van der Waals surface area contributed by atoms with E-state index >= 15 is 0 Å². The van der Waals surface area contributed by atoms with Crippen molar-refractivity contribution in [3.8, 4) is 0 Å². The van der Waals surface area contributed by atoms with E-state index < -0.39 is 11.8 Å². The van der Waals surface area contributed by atoms with Gasteiger partial charge in [0.05, 0.1) is 5.56 Å². The number of carbonyl (C=O) groups is 1. The summed E-state index contributed by atoms with van der Waals surface area (Å²) < 4.78 is 15.4. The van der Waals surface area contributed by atoms with Gasteiger partial charge in [-0.2, -0.15) is 0 Å². The molecule has 0 aliphatic rings. The van der Waals surface area contributed by atoms with Crippen LogP contribution in [0.2, 0.25) is 0 Å². The maximum atomic E-state index is 13.6. The summed E-state index contributed by atoms with van der Waals surface area (Å²) in [6.45, 7) is 0. The molecule has 2 rings (SSSR count). The van der Waals surface area contributed by atoms with Crippen LogP contribution >= 0.6 is 0 Å². The zero-order valence-corrected chi connectivity index (χ0v) is 9.22. The van der Waals surface area contributed by atoms with Gasteiger partial charge in [-0.15, -0.1) is 0 Å². The third-order valence-electron chi connectivity index (χ3n) is 2.57. The Bertz CT molecular complexity index is 563. The van der Waals surface area contributed by atoms with Crippen LogP contribution in [-0.4, -0.2) is 20.6 Å². The summed E-state index contributed by atoms with van der Waals surface area (Å²) in [6.07, 6.45) is 3.76. The van der Waals surface area contributed by atoms with Gasteiger partial charge in [-0.25, -0.2) is 14.2 Å². The Morgan fingerprint density at radius 3 is 2.82 bits per heavy atom. The van der Waals surface area contributed by atoms with Crippen molar-refractivity contribution in [3.05, 3.63) is 53.4 Å². The molecule has 5 heteroatoms. The third-order valence-corrected chi connectivity index (χ3v) is 2.57. The van der Waals surface area contributed by atoms with Crippen molar-refractivity contribution in [3.63, 3.8) is 0 Å². The molecular weight excluding hydrogens is 223 g/mol. The lowest BCUT2D eigenvalue weighted by molar-refractivity contribution is 0.0696. The molecule has 17 heavy (non-hydrogen) atoms. The Hall–Kier alpha value is -2.17. The van der Waals surface area contributed by atoms with Crippen molar-refractivity contribution in [2.45, 2.75) is 6.42 Å². The monoisotopic (exact) mass is 234 g/mol. The van der Waals surface area contributed by atoms with Crippen LogP contribution in [0.25, 0.3) is 0 Å². The highest BCUT2D eigenvalue weighted by atomic mass is 19.1. The zero-order valence-electron chi connectivity index (χ0n) is 9.22. The first-order valence-electron chi connectivity index (χ1n) is 5.06. The first-order chi connectivity index (χ1) is 8.08. The van der Waals surface area contributed by atoms with Crippen LogP contribution in [0.1, 0.15) is 21.7 Å². The number of rotatable bonds is 3. The Balaban J connectivity index is 2.29. The molecule has 0 atom stereocenters. The van der Waals surface area contributed by atoms with E-state index in [0.29, 0.717) is 12.0 Å². The number of carboxylic acids is 1. The molecule has 0 spiro atoms. The van der Waals surface area contributed by atoms with Crippen LogP contribution < -0.4 is 0 Å². The molecule has 0 radical (unpaired) electrons. The van der Waals surface area contributed by atoms with Gasteiger partial charge in [0.1, 0.15) is 11.6 Å². The van der Waals surface area contributed by atoms with Crippen LogP contribution in [0.15, 0.2) is 30.6 Å². The molecule has 1 aromatic carbocycles. The first-order valence-corrected chi connectivity index (χ1v) is 5.06. The van der Waals surface area contributed by atoms with Gasteiger partial charge in [0.25, 0.3) is 0 Å². The average Bonchev–Trinajstić information content (AvgIpc) is 2.67. The highest BCUT2D eigenvalue weighted by Gasteiger charge is 2.10. The van der Waals surface area contributed by atoms with Gasteiger partial charge < -0.3 is 9.67 Å². The van der Waals surface area contributed by atoms with Crippen LogP contribution in [0, 0.1) is 5.82 Å². The van der Waals surface area contributed by atoms with Crippen molar-refractivity contribution >= 4 is 5.97 Å². The fourth-order valence-electron chi connectivity index (χ4n) is 1.56. The fourth-order valence-corrected chi connectivity index (χ4v) is 1.56. The Morgan fingerprint density at radius 2 is 2.29 bits per heavy atom. The van der Waals surface area contributed by atoms with Crippen LogP contribution in [0.4, 0.5) is 4.39 Å². The van der Waals surface area contributed by atoms with E-state index in [4.69, 9.17) is 5.11 Å². The molecule has 0 bridgehead atoms. The number of carboxylic acid groups (broad SMARTS) is 1. The molecule has 2 aromatic rings. The zero-order chi connectivity index (χ0) is 12.4. The van der Waals surface area contributed by atoms with Gasteiger partial charge in [0, 0.05) is 25.9 Å². The van der Waals surface area contributed by atoms with Gasteiger partial charge in [0.2, 0.25) is 0 Å². The Labute approximate surface area is 97.3 Å². The van der Waals surface area contributed by atoms with E-state index in [2.05, 4.69) is 4.98 Å². The summed E-state index contributed by atoms with van der Waals surface area (Å²) in [4.78, 5) is 14.7. The van der Waals surface area contributed by atoms with Crippen molar-refractivity contribution < 1.29 is 14.3 Å². The predicted molar refractivity (Wildman–Crippen MR) is 59.4 cm³/mol. The van der Waals surface area contributed by atoms with Crippen molar-refractivity contribution in [2.75, 3.05) is 0 Å². The van der Waals surface area contributed by atoms with Crippen LogP contribution in [-0.2, 0) is 13.5 Å². The minimum atomic E-state index is -1.13. The normalized spacial score (nSPS) is 10.5. The molecule has 4 nitrogen and oxygen atoms in total. The standard InChI is InChI=1S/C12H11FN2O2/c1-15-5-4-14-11(15)7-8-2-3-9(12(16)17)6-10(8)13/h2-6H,7H2,1H3,(H,16,17). The number of imidazole rings is 1. The van der Waals surface area contributed by atoms with E-state index in [-0.39, 0.29) is 5.56 Å². The van der Waals surface area contributed by atoms with E-state index in [1.807, 2.05) is 7.05 Å². The topological polar surface area (TPSA) is 55.1 Å². The molecule has 0 unspecified atom stereocenters. The largest absolute Gasteiger partial charge is 0.478 e. The molecule has 0 saturated carbocycles. The van der Waals surface area contributed by atoms with E-state index in [9.17, 15) is 9.18 Å². The van der Waals surface area contributed by atoms with Crippen molar-refractivity contribution in [1.29, 1.82) is 0 Å². The number of nitrogens with zero attached hydrogens (tertiary/aromatic N) is 2. The number of aryl methyl sites for hydroxylation is 1. The first kappa shape index (κ1) is 11.3. The molecular formula is C12H11FN2O2. The smallest absolute Gasteiger partial charge is 0.335 e. The molecule has 0 aliphatic carbocycles. The van der Waals surface area contributed by atoms with E-state index in [1.54, 1.807) is 17.0 Å². The van der Waals surface area contributed by atoms with Crippen molar-refractivity contribution in [1.82, 2.24) is 9.55 Å². The van der Waals surface area contributed by atoms with Crippen molar-refractivity contribution in [2.24, 2.45) is 7.05 Å². The van der Waals surface area contributed by atoms with Gasteiger partial charge in [0.15, 0.2) is 0 Å². The van der Waals surface area contributed by atoms with Gasteiger partial charge in [-0.3, -0.25) is 0 Å². The minimum Gasteiger partial charge on any atom is -0.478 e. The molecule has 0 amide bonds. The summed E-state index contributed by atoms with van der Waals surface area (Å²) in [5.74, 6) is -0.924. The van der Waals surface area contributed by atoms with E-state index in [0.717, 1.165) is 11.9 Å². The second-order valence-corrected chi connectivity index (χ2v) is 3.74. The SMILES string of the molecule is Cn1ccnc1Cc1ccc(C(=O)O)cc1F. The quantitative estimate of drug-likeness (QED) is 0.881. The summed E-state index contributed by atoms with van der Waals surface area (Å²) in [5.41, 5.74) is 0.385. The average molecular weight is 234 g/mol. The molecule has 1 N–H and O–H groups in total. The molecule has 0 saturated heterocycles. The number of aromatic carboxylic acids is 1. The molecule has 1 heterocycles. The van der Waals surface area contributed by atoms with Crippen LogP contribution in [0.3, 0.4) is 0 Å². The number of aromatic nitrogens is 2. The number of benzene rings is 1. The van der Waals surface area contributed by atoms with Gasteiger partial charge in [-0.1, -0.05) is 6.07 Å². The van der Waals surface area contributed by atoms with E-state index in [1.165, 1.54) is 12.1 Å². The molecule has 0 aliphatic heterocycles. The maximum absolute atomic E-state index is 13.6. The highest BCUT2D eigenvalue weighted by Crippen LogP contribution is 2.14. The number of hydrogen-bond donors (Lipinski definition) is 1. The summed E-state index contributed by atoms with van der Waals surface area (Å²) in [7, 11) is 1.83. The Kier molecular flexibility index (Phi) is 2.91. The lowest BCUT2D eigenvalue weighted by Crippen LogP contribution is -2.03. The number of hydrogen-bond acceptors (Lipinski definition) is 2. The Morgan fingerprint density at radius 1 is 1.53 bits per heavy atom. The van der Waals surface area contributed by atoms with Crippen LogP contribution in [0.5, 0.6) is 0 Å². The van der Waals surface area contributed by atoms with Gasteiger partial charge in [-0.05, 0) is 17.7 Å². The summed E-state index contributed by atoms with van der Waals surface area (Å²) in [6, 6.07) is 3.90. The lowest BCUT2D eigenvalue weighted by Gasteiger charge is -2.04. The maximum Gasteiger partial charge on any atom is 0.335 e. The third kappa shape index (κ3) is 2.33. The predicted octanol–water partition coefficient (Wildman–Crippen LogP) is 1.85. The fraction of sp³-hybridized carbons (Fsp3) is 0.167. The molecule has 0 fully saturated rings. The molecule has 88 valence electrons. The summed E-state index contributed by atoms with van der Waals surface area (Å²) in [5, 5.41) is 8.72. The van der Waals surface area contributed by atoms with Gasteiger partial charge >= 0.3 is 5.97 Å². The highest BCUT2D eigenvalue weighted by molar-refractivity contribution is 5.87. The second-order valence-electron chi connectivity index (χ2n) is 3.74. The summed E-state index contributed by atoms with van der Waals surface area (Å²) >= 11 is 0. The molecule has 1 aromatic heterocycles. The second kappa shape index (κ2) is 4.37. The minimum absolute atomic E-state index is 0.0499.